The van der Waals surface area contributed by atoms with Crippen LogP contribution in [0.1, 0.15) is 18.5 Å². The number of esters is 1. The van der Waals surface area contributed by atoms with Crippen LogP contribution >= 0.6 is 0 Å². The highest BCUT2D eigenvalue weighted by atomic mass is 16.6. The fourth-order valence-corrected chi connectivity index (χ4v) is 2.94. The summed E-state index contributed by atoms with van der Waals surface area (Å²) in [6, 6.07) is 23.3. The van der Waals surface area contributed by atoms with Crippen LogP contribution in [0, 0.1) is 0 Å². The number of rotatable bonds is 10. The van der Waals surface area contributed by atoms with Crippen LogP contribution in [-0.2, 0) is 14.3 Å². The summed E-state index contributed by atoms with van der Waals surface area (Å²) in [7, 11) is 1.57. The van der Waals surface area contributed by atoms with Gasteiger partial charge in [-0.2, -0.15) is 0 Å². The van der Waals surface area contributed by atoms with Crippen molar-refractivity contribution in [3.8, 4) is 23.0 Å². The number of carbonyl (C=O) groups is 2. The molecule has 7 nitrogen and oxygen atoms in total. The Morgan fingerprint density at radius 1 is 0.812 bits per heavy atom. The zero-order valence-corrected chi connectivity index (χ0v) is 17.9. The summed E-state index contributed by atoms with van der Waals surface area (Å²) in [6.07, 6.45) is 0. The van der Waals surface area contributed by atoms with Crippen LogP contribution < -0.4 is 19.5 Å². The smallest absolute Gasteiger partial charge is 0.344 e. The summed E-state index contributed by atoms with van der Waals surface area (Å²) in [5.41, 5.74) is 0.831. The molecule has 3 rings (SSSR count). The minimum absolute atomic E-state index is 0.301. The molecule has 0 aliphatic heterocycles. The van der Waals surface area contributed by atoms with Gasteiger partial charge in [0.1, 0.15) is 23.0 Å². The first kappa shape index (κ1) is 22.7. The molecule has 0 saturated heterocycles. The second-order valence-electron chi connectivity index (χ2n) is 6.87. The first-order chi connectivity index (χ1) is 15.5. The number of hydrogen-bond donors (Lipinski definition) is 1. The number of para-hydroxylation sites is 2. The molecule has 0 aliphatic rings. The normalized spacial score (nSPS) is 11.2. The zero-order chi connectivity index (χ0) is 22.8. The second-order valence-corrected chi connectivity index (χ2v) is 6.87. The predicted molar refractivity (Wildman–Crippen MR) is 119 cm³/mol. The van der Waals surface area contributed by atoms with Crippen LogP contribution in [0.5, 0.6) is 23.0 Å². The number of benzene rings is 3. The van der Waals surface area contributed by atoms with E-state index >= 15 is 0 Å². The highest BCUT2D eigenvalue weighted by Crippen LogP contribution is 2.25. The molecule has 0 saturated carbocycles. The van der Waals surface area contributed by atoms with Crippen LogP contribution in [0.2, 0.25) is 0 Å². The van der Waals surface area contributed by atoms with E-state index in [0.717, 1.165) is 11.3 Å². The molecule has 1 unspecified atom stereocenters. The van der Waals surface area contributed by atoms with Crippen molar-refractivity contribution in [1.29, 1.82) is 0 Å². The van der Waals surface area contributed by atoms with Crippen molar-refractivity contribution in [2.24, 2.45) is 0 Å². The average molecular weight is 435 g/mol. The molecule has 0 aliphatic carbocycles. The van der Waals surface area contributed by atoms with Gasteiger partial charge in [-0.3, -0.25) is 4.79 Å². The number of ether oxygens (including phenoxy) is 4. The molecule has 0 fully saturated rings. The molecule has 0 aromatic heterocycles. The summed E-state index contributed by atoms with van der Waals surface area (Å²) in [4.78, 5) is 24.0. The van der Waals surface area contributed by atoms with Gasteiger partial charge in [0.2, 0.25) is 0 Å². The van der Waals surface area contributed by atoms with Gasteiger partial charge in [0.05, 0.1) is 13.2 Å². The van der Waals surface area contributed by atoms with Crippen molar-refractivity contribution in [2.75, 3.05) is 20.3 Å². The zero-order valence-electron chi connectivity index (χ0n) is 17.9. The number of carbonyl (C=O) groups excluding carboxylic acids is 2. The largest absolute Gasteiger partial charge is 0.496 e. The van der Waals surface area contributed by atoms with E-state index in [9.17, 15) is 9.59 Å². The second kappa shape index (κ2) is 11.4. The first-order valence-corrected chi connectivity index (χ1v) is 10.1. The lowest BCUT2D eigenvalue weighted by Crippen LogP contribution is -2.32. The summed E-state index contributed by atoms with van der Waals surface area (Å²) in [6.45, 7) is 1.12. The molecule has 0 heterocycles. The molecule has 3 aromatic rings. The maximum atomic E-state index is 12.1. The van der Waals surface area contributed by atoms with Gasteiger partial charge < -0.3 is 24.3 Å². The van der Waals surface area contributed by atoms with Gasteiger partial charge in [0.15, 0.2) is 13.2 Å². The lowest BCUT2D eigenvalue weighted by atomic mass is 10.1. The molecular formula is C25H25NO6. The molecule has 0 bridgehead atoms. The molecule has 32 heavy (non-hydrogen) atoms. The molecule has 7 heteroatoms. The highest BCUT2D eigenvalue weighted by molar-refractivity contribution is 5.81. The SMILES string of the molecule is COc1ccccc1C(C)NC(=O)COC(=O)COc1ccc(Oc2ccccc2)cc1. The van der Waals surface area contributed by atoms with Gasteiger partial charge >= 0.3 is 5.97 Å². The maximum absolute atomic E-state index is 12.1. The van der Waals surface area contributed by atoms with E-state index < -0.39 is 18.5 Å². The minimum atomic E-state index is -0.644. The Kier molecular flexibility index (Phi) is 8.09. The van der Waals surface area contributed by atoms with E-state index in [1.54, 1.807) is 31.4 Å². The van der Waals surface area contributed by atoms with Gasteiger partial charge in [-0.1, -0.05) is 36.4 Å². The lowest BCUT2D eigenvalue weighted by molar-refractivity contribution is -0.150. The Morgan fingerprint density at radius 2 is 1.44 bits per heavy atom. The molecule has 0 spiro atoms. The Hall–Kier alpha value is -4.00. The number of methoxy groups -OCH3 is 1. The van der Waals surface area contributed by atoms with Crippen LogP contribution in [0.4, 0.5) is 0 Å². The summed E-state index contributed by atoms with van der Waals surface area (Å²) in [5.74, 6) is 1.46. The third-order valence-corrected chi connectivity index (χ3v) is 4.51. The van der Waals surface area contributed by atoms with Gasteiger partial charge in [-0.05, 0) is 49.4 Å². The van der Waals surface area contributed by atoms with Gasteiger partial charge in [0.25, 0.3) is 5.91 Å². The molecule has 1 N–H and O–H groups in total. The van der Waals surface area contributed by atoms with Crippen molar-refractivity contribution in [2.45, 2.75) is 13.0 Å². The van der Waals surface area contributed by atoms with Crippen molar-refractivity contribution in [3.63, 3.8) is 0 Å². The standard InChI is InChI=1S/C25H25NO6/c1-18(22-10-6-7-11-23(22)29-2)26-24(27)16-31-25(28)17-30-19-12-14-21(15-13-19)32-20-8-4-3-5-9-20/h3-15,18H,16-17H2,1-2H3,(H,26,27). The topological polar surface area (TPSA) is 83.1 Å². The highest BCUT2D eigenvalue weighted by Gasteiger charge is 2.15. The lowest BCUT2D eigenvalue weighted by Gasteiger charge is -2.17. The molecule has 0 radical (unpaired) electrons. The summed E-state index contributed by atoms with van der Waals surface area (Å²) in [5, 5.41) is 2.78. The Morgan fingerprint density at radius 3 is 2.16 bits per heavy atom. The van der Waals surface area contributed by atoms with Crippen molar-refractivity contribution in [3.05, 3.63) is 84.4 Å². The van der Waals surface area contributed by atoms with E-state index in [4.69, 9.17) is 18.9 Å². The van der Waals surface area contributed by atoms with Crippen LogP contribution in [0.25, 0.3) is 0 Å². The van der Waals surface area contributed by atoms with E-state index in [1.807, 2.05) is 61.5 Å². The van der Waals surface area contributed by atoms with Crippen molar-refractivity contribution < 1.29 is 28.5 Å². The van der Waals surface area contributed by atoms with E-state index in [-0.39, 0.29) is 12.6 Å². The average Bonchev–Trinajstić information content (AvgIpc) is 2.83. The van der Waals surface area contributed by atoms with Crippen molar-refractivity contribution in [1.82, 2.24) is 5.32 Å². The third-order valence-electron chi connectivity index (χ3n) is 4.51. The van der Waals surface area contributed by atoms with Gasteiger partial charge in [-0.15, -0.1) is 0 Å². The monoisotopic (exact) mass is 435 g/mol. The third kappa shape index (κ3) is 6.77. The molecule has 1 atom stereocenters. The van der Waals surface area contributed by atoms with E-state index in [0.29, 0.717) is 17.2 Å². The number of amides is 1. The van der Waals surface area contributed by atoms with Crippen LogP contribution in [0.3, 0.4) is 0 Å². The van der Waals surface area contributed by atoms with E-state index in [2.05, 4.69) is 5.32 Å². The minimum Gasteiger partial charge on any atom is -0.496 e. The fourth-order valence-electron chi connectivity index (χ4n) is 2.94. The first-order valence-electron chi connectivity index (χ1n) is 10.1. The van der Waals surface area contributed by atoms with Gasteiger partial charge in [0, 0.05) is 5.56 Å². The Bertz CT molecular complexity index is 1020. The van der Waals surface area contributed by atoms with Crippen LogP contribution in [0.15, 0.2) is 78.9 Å². The number of nitrogens with one attached hydrogen (secondary N) is 1. The molecular weight excluding hydrogens is 410 g/mol. The van der Waals surface area contributed by atoms with Crippen molar-refractivity contribution >= 4 is 11.9 Å². The predicted octanol–water partition coefficient (Wildman–Crippen LogP) is 4.29. The van der Waals surface area contributed by atoms with Crippen LogP contribution in [-0.4, -0.2) is 32.2 Å². The van der Waals surface area contributed by atoms with Gasteiger partial charge in [-0.25, -0.2) is 4.79 Å². The summed E-state index contributed by atoms with van der Waals surface area (Å²) >= 11 is 0. The molecule has 3 aromatic carbocycles. The Balaban J connectivity index is 1.39. The fraction of sp³-hybridized carbons (Fsp3) is 0.200. The molecule has 1 amide bonds. The summed E-state index contributed by atoms with van der Waals surface area (Å²) < 4.78 is 21.4. The van der Waals surface area contributed by atoms with E-state index in [1.165, 1.54) is 0 Å². The molecule has 166 valence electrons. The Labute approximate surface area is 186 Å². The maximum Gasteiger partial charge on any atom is 0.344 e. The quantitative estimate of drug-likeness (QED) is 0.479. The number of hydrogen-bond acceptors (Lipinski definition) is 6.